The summed E-state index contributed by atoms with van der Waals surface area (Å²) < 4.78 is 10.8. The minimum Gasteiger partial charge on any atom is -0.443 e. The number of carbonyl (C=O) groups excluding carboxylic acids is 3. The molecule has 31 heavy (non-hydrogen) atoms. The van der Waals surface area contributed by atoms with Gasteiger partial charge in [0, 0.05) is 12.7 Å². The average molecular weight is 433 g/mol. The lowest BCUT2D eigenvalue weighted by Gasteiger charge is -2.38. The molecule has 1 aliphatic heterocycles. The Labute approximate surface area is 183 Å². The predicted octanol–water partition coefficient (Wildman–Crippen LogP) is 3.87. The lowest BCUT2D eigenvalue weighted by Crippen LogP contribution is -2.56. The second kappa shape index (κ2) is 8.20. The number of rotatable bonds is 1. The van der Waals surface area contributed by atoms with Gasteiger partial charge in [0.05, 0.1) is 12.0 Å². The maximum Gasteiger partial charge on any atom is 0.427 e. The number of guanidine groups is 1. The number of imide groups is 1. The van der Waals surface area contributed by atoms with Crippen LogP contribution in [-0.4, -0.2) is 52.1 Å². The highest BCUT2D eigenvalue weighted by Gasteiger charge is 2.44. The normalized spacial score (nSPS) is 19.5. The van der Waals surface area contributed by atoms with Crippen molar-refractivity contribution in [2.24, 2.45) is 4.99 Å². The fourth-order valence-corrected chi connectivity index (χ4v) is 2.95. The van der Waals surface area contributed by atoms with Crippen LogP contribution in [0.4, 0.5) is 15.3 Å². The van der Waals surface area contributed by atoms with Gasteiger partial charge in [0.2, 0.25) is 11.9 Å². The van der Waals surface area contributed by atoms with Crippen LogP contribution in [0.3, 0.4) is 0 Å². The van der Waals surface area contributed by atoms with Gasteiger partial charge >= 0.3 is 12.2 Å². The van der Waals surface area contributed by atoms with Gasteiger partial charge in [0.15, 0.2) is 0 Å². The molecule has 0 bridgehead atoms. The van der Waals surface area contributed by atoms with E-state index in [1.165, 1.54) is 7.05 Å². The molecule has 1 heterocycles. The molecule has 9 nitrogen and oxygen atoms in total. The van der Waals surface area contributed by atoms with Crippen LogP contribution in [0.2, 0.25) is 0 Å². The molecule has 1 aliphatic rings. The Bertz CT molecular complexity index is 885. The molecule has 3 amide bonds. The first-order valence-electron chi connectivity index (χ1n) is 10.0. The molecule has 0 radical (unpaired) electrons. The summed E-state index contributed by atoms with van der Waals surface area (Å²) in [5, 5.41) is 0. The molecule has 1 unspecified atom stereocenters. The molecule has 1 atom stereocenters. The number of hydrogen-bond donors (Lipinski definition) is 1. The van der Waals surface area contributed by atoms with Gasteiger partial charge in [-0.3, -0.25) is 9.69 Å². The zero-order valence-electron chi connectivity index (χ0n) is 19.5. The first kappa shape index (κ1) is 24.2. The monoisotopic (exact) mass is 432 g/mol. The molecule has 1 aromatic rings. The Morgan fingerprint density at radius 3 is 2.06 bits per heavy atom. The molecule has 1 aromatic carbocycles. The van der Waals surface area contributed by atoms with Crippen molar-refractivity contribution in [2.45, 2.75) is 71.6 Å². The summed E-state index contributed by atoms with van der Waals surface area (Å²) in [6.45, 7) is 11.8. The molecular formula is C22H32N4O5. The number of nitrogens with zero attached hydrogens (tertiary/aromatic N) is 3. The quantitative estimate of drug-likeness (QED) is 0.674. The topological polar surface area (TPSA) is 115 Å². The summed E-state index contributed by atoms with van der Waals surface area (Å²) in [6, 6.07) is 6.99. The van der Waals surface area contributed by atoms with Crippen LogP contribution in [0.25, 0.3) is 0 Å². The largest absolute Gasteiger partial charge is 0.443 e. The van der Waals surface area contributed by atoms with Crippen LogP contribution in [0.5, 0.6) is 0 Å². The molecule has 2 N–H and O–H groups in total. The Morgan fingerprint density at radius 2 is 1.61 bits per heavy atom. The molecule has 0 aliphatic carbocycles. The Kier molecular flexibility index (Phi) is 6.40. The van der Waals surface area contributed by atoms with Crippen molar-refractivity contribution in [3.8, 4) is 0 Å². The molecule has 0 spiro atoms. The predicted molar refractivity (Wildman–Crippen MR) is 117 cm³/mol. The van der Waals surface area contributed by atoms with Crippen LogP contribution in [-0.2, 0) is 19.8 Å². The third-order valence-electron chi connectivity index (χ3n) is 4.38. The van der Waals surface area contributed by atoms with Crippen LogP contribution in [0.1, 0.15) is 60.5 Å². The van der Waals surface area contributed by atoms with Gasteiger partial charge in [-0.2, -0.15) is 0 Å². The Morgan fingerprint density at radius 1 is 1.10 bits per heavy atom. The lowest BCUT2D eigenvalue weighted by atomic mass is 9.87. The third-order valence-corrected chi connectivity index (χ3v) is 4.38. The van der Waals surface area contributed by atoms with E-state index in [9.17, 15) is 14.4 Å². The number of anilines is 1. The summed E-state index contributed by atoms with van der Waals surface area (Å²) in [4.78, 5) is 45.4. The molecule has 2 rings (SSSR count). The summed E-state index contributed by atoms with van der Waals surface area (Å²) in [5.41, 5.74) is 4.30. The molecule has 9 heteroatoms. The van der Waals surface area contributed by atoms with Crippen LogP contribution in [0, 0.1) is 0 Å². The van der Waals surface area contributed by atoms with E-state index in [-0.39, 0.29) is 18.3 Å². The number of aliphatic imine (C=N–C) groups is 1. The average Bonchev–Trinajstić information content (AvgIpc) is 2.56. The number of ether oxygens (including phenoxy) is 2. The van der Waals surface area contributed by atoms with Gasteiger partial charge in [-0.05, 0) is 66.2 Å². The van der Waals surface area contributed by atoms with E-state index in [1.54, 1.807) is 72.7 Å². The standard InChI is InChI=1S/C22H32N4O5/c1-20(2,3)30-18(28)26(19(29)31-21(4,5)6)17-24-22(7,13-16(27)25(17)8)14-10-9-11-15(23)12-14/h9-12H,13,23H2,1-8H3. The number of amides is 3. The van der Waals surface area contributed by atoms with E-state index in [0.29, 0.717) is 16.2 Å². The number of nitrogen functional groups attached to an aromatic ring is 1. The highest BCUT2D eigenvalue weighted by atomic mass is 16.6. The van der Waals surface area contributed by atoms with Crippen molar-refractivity contribution < 1.29 is 23.9 Å². The third kappa shape index (κ3) is 5.96. The van der Waals surface area contributed by atoms with Crippen molar-refractivity contribution in [3.05, 3.63) is 29.8 Å². The summed E-state index contributed by atoms with van der Waals surface area (Å²) in [5.74, 6) is -0.503. The molecule has 0 saturated heterocycles. The first-order chi connectivity index (χ1) is 14.0. The summed E-state index contributed by atoms with van der Waals surface area (Å²) in [6.07, 6.45) is -1.94. The summed E-state index contributed by atoms with van der Waals surface area (Å²) >= 11 is 0. The highest BCUT2D eigenvalue weighted by molar-refractivity contribution is 6.13. The van der Waals surface area contributed by atoms with E-state index in [2.05, 4.69) is 4.99 Å². The van der Waals surface area contributed by atoms with Gasteiger partial charge in [-0.25, -0.2) is 14.6 Å². The maximum atomic E-state index is 13.0. The van der Waals surface area contributed by atoms with Gasteiger partial charge in [0.1, 0.15) is 11.2 Å². The van der Waals surface area contributed by atoms with E-state index in [4.69, 9.17) is 15.2 Å². The SMILES string of the molecule is CN1C(=O)CC(C)(c2cccc(N)c2)N=C1N(C(=O)OC(C)(C)C)C(=O)OC(C)(C)C. The molecule has 0 saturated carbocycles. The molecule has 170 valence electrons. The van der Waals surface area contributed by atoms with Crippen molar-refractivity contribution in [3.63, 3.8) is 0 Å². The zero-order chi connectivity index (χ0) is 23.8. The van der Waals surface area contributed by atoms with Crippen molar-refractivity contribution in [1.82, 2.24) is 9.80 Å². The number of nitrogens with two attached hydrogens (primary N) is 1. The molecule has 0 aromatic heterocycles. The summed E-state index contributed by atoms with van der Waals surface area (Å²) in [7, 11) is 1.45. The van der Waals surface area contributed by atoms with Crippen molar-refractivity contribution in [2.75, 3.05) is 12.8 Å². The van der Waals surface area contributed by atoms with Crippen molar-refractivity contribution in [1.29, 1.82) is 0 Å². The fourth-order valence-electron chi connectivity index (χ4n) is 2.95. The fraction of sp³-hybridized carbons (Fsp3) is 0.545. The van der Waals surface area contributed by atoms with Gasteiger partial charge in [-0.1, -0.05) is 12.1 Å². The number of carbonyl (C=O) groups is 3. The van der Waals surface area contributed by atoms with Crippen LogP contribution < -0.4 is 5.73 Å². The van der Waals surface area contributed by atoms with Gasteiger partial charge in [0.25, 0.3) is 0 Å². The Balaban J connectivity index is 2.62. The van der Waals surface area contributed by atoms with Crippen LogP contribution >= 0.6 is 0 Å². The minimum absolute atomic E-state index is 0.0347. The van der Waals surface area contributed by atoms with Gasteiger partial charge in [-0.15, -0.1) is 4.90 Å². The second-order valence-electron chi connectivity index (χ2n) is 9.74. The minimum atomic E-state index is -1.05. The molecular weight excluding hydrogens is 400 g/mol. The van der Waals surface area contributed by atoms with Crippen molar-refractivity contribution >= 4 is 29.7 Å². The number of hydrogen-bond acceptors (Lipinski definition) is 7. The van der Waals surface area contributed by atoms with E-state index < -0.39 is 28.9 Å². The maximum absolute atomic E-state index is 13.0. The number of benzene rings is 1. The van der Waals surface area contributed by atoms with Crippen LogP contribution in [0.15, 0.2) is 29.3 Å². The first-order valence-corrected chi connectivity index (χ1v) is 10.0. The lowest BCUT2D eigenvalue weighted by molar-refractivity contribution is -0.128. The van der Waals surface area contributed by atoms with Gasteiger partial charge < -0.3 is 15.2 Å². The van der Waals surface area contributed by atoms with E-state index in [1.807, 2.05) is 0 Å². The molecule has 0 fully saturated rings. The highest BCUT2D eigenvalue weighted by Crippen LogP contribution is 2.35. The second-order valence-corrected chi connectivity index (χ2v) is 9.74. The smallest absolute Gasteiger partial charge is 0.427 e. The van der Waals surface area contributed by atoms with E-state index in [0.717, 1.165) is 4.90 Å². The van der Waals surface area contributed by atoms with E-state index >= 15 is 0 Å². The Hall–Kier alpha value is -3.10. The zero-order valence-corrected chi connectivity index (χ0v) is 19.5.